The Balaban J connectivity index is 2.18. The summed E-state index contributed by atoms with van der Waals surface area (Å²) in [5.41, 5.74) is 8.16. The molecule has 0 amide bonds. The molecule has 0 spiro atoms. The van der Waals surface area contributed by atoms with Gasteiger partial charge in [-0.15, -0.1) is 0 Å². The lowest BCUT2D eigenvalue weighted by molar-refractivity contribution is 0.585. The van der Waals surface area contributed by atoms with E-state index in [1.165, 1.54) is 0 Å². The second kappa shape index (κ2) is 6.20. The fourth-order valence-electron chi connectivity index (χ4n) is 2.06. The van der Waals surface area contributed by atoms with E-state index in [0.717, 1.165) is 16.7 Å². The summed E-state index contributed by atoms with van der Waals surface area (Å²) in [7, 11) is -3.22. The zero-order chi connectivity index (χ0) is 14.6. The highest BCUT2D eigenvalue weighted by atomic mass is 32.2. The molecule has 0 heterocycles. The van der Waals surface area contributed by atoms with Gasteiger partial charge in [-0.05, 0) is 23.6 Å². The minimum absolute atomic E-state index is 0.0495. The average molecular weight is 289 g/mol. The van der Waals surface area contributed by atoms with Crippen molar-refractivity contribution in [1.29, 1.82) is 0 Å². The molecule has 1 unspecified atom stereocenters. The van der Waals surface area contributed by atoms with Gasteiger partial charge in [0, 0.05) is 6.54 Å². The van der Waals surface area contributed by atoms with Gasteiger partial charge in [-0.2, -0.15) is 0 Å². The summed E-state index contributed by atoms with van der Waals surface area (Å²) in [6.07, 6.45) is 0. The van der Waals surface area contributed by atoms with Gasteiger partial charge < -0.3 is 5.73 Å². The normalized spacial score (nSPS) is 13.1. The highest BCUT2D eigenvalue weighted by Crippen LogP contribution is 2.25. The second-order valence-electron chi connectivity index (χ2n) is 4.88. The van der Waals surface area contributed by atoms with Crippen LogP contribution in [0.15, 0.2) is 54.6 Å². The first kappa shape index (κ1) is 14.8. The van der Waals surface area contributed by atoms with E-state index in [1.54, 1.807) is 6.92 Å². The van der Waals surface area contributed by atoms with Gasteiger partial charge in [0.1, 0.15) is 0 Å². The van der Waals surface area contributed by atoms with E-state index in [9.17, 15) is 8.42 Å². The van der Waals surface area contributed by atoms with Crippen LogP contribution in [0, 0.1) is 0 Å². The highest BCUT2D eigenvalue weighted by molar-refractivity contribution is 7.90. The van der Waals surface area contributed by atoms with Gasteiger partial charge in [0.05, 0.1) is 11.0 Å². The molecule has 20 heavy (non-hydrogen) atoms. The molecule has 0 bridgehead atoms. The van der Waals surface area contributed by atoms with Gasteiger partial charge in [0.15, 0.2) is 9.84 Å². The lowest BCUT2D eigenvalue weighted by Gasteiger charge is -2.13. The van der Waals surface area contributed by atoms with Gasteiger partial charge in [0.2, 0.25) is 0 Å². The van der Waals surface area contributed by atoms with Gasteiger partial charge in [-0.3, -0.25) is 0 Å². The minimum atomic E-state index is -3.22. The molecule has 2 rings (SSSR count). The molecule has 0 saturated carbocycles. The lowest BCUT2D eigenvalue weighted by Crippen LogP contribution is -2.12. The summed E-state index contributed by atoms with van der Waals surface area (Å²) < 4.78 is 24.9. The van der Waals surface area contributed by atoms with Crippen molar-refractivity contribution >= 4 is 9.84 Å². The maximum atomic E-state index is 12.4. The number of benzene rings is 2. The summed E-state index contributed by atoms with van der Waals surface area (Å²) in [4.78, 5) is 0. The quantitative estimate of drug-likeness (QED) is 0.920. The summed E-state index contributed by atoms with van der Waals surface area (Å²) in [5.74, 6) is 0.0495. The molecule has 0 saturated heterocycles. The van der Waals surface area contributed by atoms with Crippen LogP contribution in [0.2, 0.25) is 0 Å². The van der Waals surface area contributed by atoms with Crippen LogP contribution in [-0.2, 0) is 22.1 Å². The second-order valence-corrected chi connectivity index (χ2v) is 7.20. The molecule has 1 atom stereocenters. The van der Waals surface area contributed by atoms with E-state index in [1.807, 2.05) is 54.6 Å². The number of hydrogen-bond donors (Lipinski definition) is 1. The third-order valence-electron chi connectivity index (χ3n) is 3.43. The van der Waals surface area contributed by atoms with Crippen LogP contribution in [0.4, 0.5) is 0 Å². The van der Waals surface area contributed by atoms with Crippen LogP contribution < -0.4 is 5.73 Å². The largest absolute Gasteiger partial charge is 0.326 e. The third kappa shape index (κ3) is 3.46. The molecule has 0 fully saturated rings. The molecule has 0 aliphatic heterocycles. The Hall–Kier alpha value is -1.65. The lowest BCUT2D eigenvalue weighted by atomic mass is 10.1. The van der Waals surface area contributed by atoms with Gasteiger partial charge in [-0.25, -0.2) is 8.42 Å². The summed E-state index contributed by atoms with van der Waals surface area (Å²) in [6, 6.07) is 16.7. The minimum Gasteiger partial charge on any atom is -0.326 e. The van der Waals surface area contributed by atoms with Crippen molar-refractivity contribution in [1.82, 2.24) is 0 Å². The molecule has 0 aliphatic carbocycles. The summed E-state index contributed by atoms with van der Waals surface area (Å²) in [5, 5.41) is -0.502. The van der Waals surface area contributed by atoms with Crippen molar-refractivity contribution in [3.8, 4) is 0 Å². The maximum Gasteiger partial charge on any atom is 0.161 e. The Morgan fingerprint density at radius 1 is 0.950 bits per heavy atom. The van der Waals surface area contributed by atoms with Crippen LogP contribution in [0.5, 0.6) is 0 Å². The predicted octanol–water partition coefficient (Wildman–Crippen LogP) is 2.82. The van der Waals surface area contributed by atoms with E-state index in [2.05, 4.69) is 0 Å². The molecule has 0 aliphatic rings. The van der Waals surface area contributed by atoms with Crippen molar-refractivity contribution < 1.29 is 8.42 Å². The number of sulfone groups is 1. The van der Waals surface area contributed by atoms with Crippen LogP contribution in [0.3, 0.4) is 0 Å². The molecule has 0 aromatic heterocycles. The van der Waals surface area contributed by atoms with E-state index in [0.29, 0.717) is 6.54 Å². The highest BCUT2D eigenvalue weighted by Gasteiger charge is 2.22. The molecule has 2 N–H and O–H groups in total. The fourth-order valence-corrected chi connectivity index (χ4v) is 3.54. The van der Waals surface area contributed by atoms with Crippen LogP contribution in [0.25, 0.3) is 0 Å². The number of rotatable bonds is 5. The zero-order valence-corrected chi connectivity index (χ0v) is 12.3. The molecule has 106 valence electrons. The molecule has 4 heteroatoms. The molecule has 2 aromatic carbocycles. The van der Waals surface area contributed by atoms with Crippen molar-refractivity contribution in [3.05, 3.63) is 71.3 Å². The topological polar surface area (TPSA) is 60.2 Å². The van der Waals surface area contributed by atoms with Crippen LogP contribution in [0.1, 0.15) is 28.9 Å². The maximum absolute atomic E-state index is 12.4. The van der Waals surface area contributed by atoms with Gasteiger partial charge in [0.25, 0.3) is 0 Å². The van der Waals surface area contributed by atoms with E-state index in [4.69, 9.17) is 5.73 Å². The van der Waals surface area contributed by atoms with Crippen molar-refractivity contribution in [2.45, 2.75) is 24.5 Å². The monoisotopic (exact) mass is 289 g/mol. The van der Waals surface area contributed by atoms with Crippen molar-refractivity contribution in [3.63, 3.8) is 0 Å². The Labute approximate surface area is 120 Å². The first-order chi connectivity index (χ1) is 9.53. The Morgan fingerprint density at radius 2 is 1.50 bits per heavy atom. The Morgan fingerprint density at radius 3 is 2.05 bits per heavy atom. The third-order valence-corrected chi connectivity index (χ3v) is 5.52. The van der Waals surface area contributed by atoms with Crippen molar-refractivity contribution in [2.75, 3.05) is 0 Å². The predicted molar refractivity (Wildman–Crippen MR) is 81.8 cm³/mol. The summed E-state index contributed by atoms with van der Waals surface area (Å²) >= 11 is 0. The zero-order valence-electron chi connectivity index (χ0n) is 11.5. The van der Waals surface area contributed by atoms with Crippen molar-refractivity contribution in [2.24, 2.45) is 5.73 Å². The summed E-state index contributed by atoms with van der Waals surface area (Å²) in [6.45, 7) is 2.20. The van der Waals surface area contributed by atoms with Gasteiger partial charge >= 0.3 is 0 Å². The Kier molecular flexibility index (Phi) is 4.57. The molecular formula is C16H19NO2S. The van der Waals surface area contributed by atoms with Crippen LogP contribution in [-0.4, -0.2) is 8.42 Å². The molecule has 0 radical (unpaired) electrons. The van der Waals surface area contributed by atoms with E-state index >= 15 is 0 Å². The number of nitrogens with two attached hydrogens (primary N) is 1. The standard InChI is InChI=1S/C16H19NO2S/c1-13(16-5-3-2-4-6-16)20(18,19)12-15-9-7-14(11-17)8-10-15/h2-10,13H,11-12,17H2,1H3. The molecular weight excluding hydrogens is 270 g/mol. The fraction of sp³-hybridized carbons (Fsp3) is 0.250. The van der Waals surface area contributed by atoms with Crippen LogP contribution >= 0.6 is 0 Å². The molecule has 3 nitrogen and oxygen atoms in total. The first-order valence-corrected chi connectivity index (χ1v) is 8.29. The molecule has 2 aromatic rings. The van der Waals surface area contributed by atoms with Gasteiger partial charge in [-0.1, -0.05) is 54.6 Å². The van der Waals surface area contributed by atoms with E-state index in [-0.39, 0.29) is 5.75 Å². The Bertz CT molecular complexity index is 649. The SMILES string of the molecule is CC(c1ccccc1)S(=O)(=O)Cc1ccc(CN)cc1. The number of hydrogen-bond acceptors (Lipinski definition) is 3. The van der Waals surface area contributed by atoms with E-state index < -0.39 is 15.1 Å². The average Bonchev–Trinajstić information content (AvgIpc) is 2.48. The first-order valence-electron chi connectivity index (χ1n) is 6.57. The smallest absolute Gasteiger partial charge is 0.161 e.